The average Bonchev–Trinajstić information content (AvgIpc) is 3.04. The molecule has 0 atom stereocenters. The predicted molar refractivity (Wildman–Crippen MR) is 78.5 cm³/mol. The van der Waals surface area contributed by atoms with E-state index < -0.39 is 0 Å². The lowest BCUT2D eigenvalue weighted by molar-refractivity contribution is 0.246. The molecule has 0 saturated carbocycles. The zero-order valence-corrected chi connectivity index (χ0v) is 12.2. The summed E-state index contributed by atoms with van der Waals surface area (Å²) in [6.45, 7) is 4.02. The molecule has 1 fully saturated rings. The Labute approximate surface area is 126 Å². The standard InChI is InChI=1S/C14H14FN5S/c15-13-7-11(8-16)1-2-12(13)10-19-3-5-20(6-4-19)14-9-17-21-18-14/h1-2,7,9H,3-6,10H2. The first-order chi connectivity index (χ1) is 10.3. The molecule has 0 spiro atoms. The number of anilines is 1. The van der Waals surface area contributed by atoms with E-state index in [1.54, 1.807) is 18.3 Å². The largest absolute Gasteiger partial charge is 0.352 e. The van der Waals surface area contributed by atoms with Crippen molar-refractivity contribution >= 4 is 17.5 Å². The Balaban J connectivity index is 1.59. The van der Waals surface area contributed by atoms with Gasteiger partial charge in [0.25, 0.3) is 0 Å². The van der Waals surface area contributed by atoms with Gasteiger partial charge >= 0.3 is 0 Å². The first-order valence-electron chi connectivity index (χ1n) is 6.69. The van der Waals surface area contributed by atoms with Gasteiger partial charge in [0.15, 0.2) is 5.82 Å². The maximum atomic E-state index is 13.9. The monoisotopic (exact) mass is 303 g/mol. The van der Waals surface area contributed by atoms with Crippen LogP contribution in [0, 0.1) is 17.1 Å². The third-order valence-electron chi connectivity index (χ3n) is 3.62. The number of benzene rings is 1. The highest BCUT2D eigenvalue weighted by molar-refractivity contribution is 6.99. The number of halogens is 1. The van der Waals surface area contributed by atoms with Gasteiger partial charge in [0, 0.05) is 38.3 Å². The summed E-state index contributed by atoms with van der Waals surface area (Å²) in [4.78, 5) is 4.40. The summed E-state index contributed by atoms with van der Waals surface area (Å²) in [5, 5.41) is 8.75. The van der Waals surface area contributed by atoms with E-state index in [1.165, 1.54) is 17.8 Å². The highest BCUT2D eigenvalue weighted by Crippen LogP contribution is 2.17. The fraction of sp³-hybridized carbons (Fsp3) is 0.357. The van der Waals surface area contributed by atoms with E-state index >= 15 is 0 Å². The van der Waals surface area contributed by atoms with Gasteiger partial charge in [-0.3, -0.25) is 4.90 Å². The molecule has 3 rings (SSSR count). The Hall–Kier alpha value is -2.04. The highest BCUT2D eigenvalue weighted by Gasteiger charge is 2.19. The van der Waals surface area contributed by atoms with Gasteiger partial charge < -0.3 is 4.90 Å². The summed E-state index contributed by atoms with van der Waals surface area (Å²) < 4.78 is 22.1. The Morgan fingerprint density at radius 3 is 2.71 bits per heavy atom. The summed E-state index contributed by atoms with van der Waals surface area (Å²) in [7, 11) is 0. The second kappa shape index (κ2) is 6.16. The topological polar surface area (TPSA) is 56.1 Å². The fourth-order valence-electron chi connectivity index (χ4n) is 2.42. The maximum absolute atomic E-state index is 13.9. The van der Waals surface area contributed by atoms with Crippen molar-refractivity contribution in [3.8, 4) is 6.07 Å². The molecule has 108 valence electrons. The van der Waals surface area contributed by atoms with Gasteiger partial charge in [0.2, 0.25) is 0 Å². The number of rotatable bonds is 3. The number of hydrogen-bond donors (Lipinski definition) is 0. The number of nitriles is 1. The van der Waals surface area contributed by atoms with Crippen molar-refractivity contribution in [2.45, 2.75) is 6.54 Å². The van der Waals surface area contributed by atoms with E-state index in [2.05, 4.69) is 18.5 Å². The Morgan fingerprint density at radius 2 is 2.10 bits per heavy atom. The molecule has 0 radical (unpaired) electrons. The third kappa shape index (κ3) is 3.17. The van der Waals surface area contributed by atoms with Gasteiger partial charge in [-0.2, -0.15) is 14.0 Å². The van der Waals surface area contributed by atoms with Gasteiger partial charge in [0.05, 0.1) is 29.6 Å². The van der Waals surface area contributed by atoms with Crippen molar-refractivity contribution in [1.82, 2.24) is 13.6 Å². The van der Waals surface area contributed by atoms with E-state index in [-0.39, 0.29) is 5.82 Å². The molecule has 7 heteroatoms. The molecule has 0 N–H and O–H groups in total. The van der Waals surface area contributed by atoms with E-state index in [9.17, 15) is 4.39 Å². The quantitative estimate of drug-likeness (QED) is 0.866. The van der Waals surface area contributed by atoms with Crippen LogP contribution in [0.1, 0.15) is 11.1 Å². The van der Waals surface area contributed by atoms with Crippen LogP contribution in [0.3, 0.4) is 0 Å². The lowest BCUT2D eigenvalue weighted by Crippen LogP contribution is -2.46. The van der Waals surface area contributed by atoms with Crippen LogP contribution in [0.5, 0.6) is 0 Å². The van der Waals surface area contributed by atoms with Crippen molar-refractivity contribution in [3.05, 3.63) is 41.3 Å². The van der Waals surface area contributed by atoms with Crippen LogP contribution in [0.25, 0.3) is 0 Å². The Bertz CT molecular complexity index is 644. The molecule has 1 aromatic heterocycles. The van der Waals surface area contributed by atoms with Crippen molar-refractivity contribution in [2.24, 2.45) is 0 Å². The second-order valence-corrected chi connectivity index (χ2v) is 5.50. The SMILES string of the molecule is N#Cc1ccc(CN2CCN(c3cnsn3)CC2)c(F)c1. The summed E-state index contributed by atoms with van der Waals surface area (Å²) in [6, 6.07) is 6.61. The van der Waals surface area contributed by atoms with Crippen LogP contribution in [0.15, 0.2) is 24.4 Å². The van der Waals surface area contributed by atoms with Crippen molar-refractivity contribution in [1.29, 1.82) is 5.26 Å². The molecule has 0 bridgehead atoms. The third-order valence-corrected chi connectivity index (χ3v) is 4.09. The lowest BCUT2D eigenvalue weighted by Gasteiger charge is -2.34. The van der Waals surface area contributed by atoms with E-state index in [0.717, 1.165) is 32.0 Å². The summed E-state index contributed by atoms with van der Waals surface area (Å²) >= 11 is 1.21. The molecule has 1 aliphatic heterocycles. The van der Waals surface area contributed by atoms with Crippen LogP contribution in [-0.4, -0.2) is 39.8 Å². The van der Waals surface area contributed by atoms with Gasteiger partial charge in [-0.1, -0.05) is 6.07 Å². The number of aromatic nitrogens is 2. The molecular formula is C14H14FN5S. The first-order valence-corrected chi connectivity index (χ1v) is 7.42. The first kappa shape index (κ1) is 13.9. The summed E-state index contributed by atoms with van der Waals surface area (Å²) in [5.74, 6) is 0.615. The van der Waals surface area contributed by atoms with Crippen molar-refractivity contribution in [3.63, 3.8) is 0 Å². The Kier molecular flexibility index (Phi) is 4.08. The van der Waals surface area contributed by atoms with Gasteiger partial charge in [-0.25, -0.2) is 4.39 Å². The molecule has 1 aromatic carbocycles. The summed E-state index contributed by atoms with van der Waals surface area (Å²) in [6.07, 6.45) is 1.78. The number of hydrogen-bond acceptors (Lipinski definition) is 6. The zero-order chi connectivity index (χ0) is 14.7. The second-order valence-electron chi connectivity index (χ2n) is 4.95. The van der Waals surface area contributed by atoms with Gasteiger partial charge in [-0.05, 0) is 12.1 Å². The maximum Gasteiger partial charge on any atom is 0.162 e. The zero-order valence-electron chi connectivity index (χ0n) is 11.4. The smallest absolute Gasteiger partial charge is 0.162 e. The van der Waals surface area contributed by atoms with Gasteiger partial charge in [-0.15, -0.1) is 0 Å². The van der Waals surface area contributed by atoms with Crippen LogP contribution in [-0.2, 0) is 6.54 Å². The van der Waals surface area contributed by atoms with Gasteiger partial charge in [0.1, 0.15) is 5.82 Å². The molecule has 0 unspecified atom stereocenters. The number of nitrogens with zero attached hydrogens (tertiary/aromatic N) is 5. The minimum atomic E-state index is -0.305. The molecule has 21 heavy (non-hydrogen) atoms. The molecule has 0 aliphatic carbocycles. The van der Waals surface area contributed by atoms with E-state index in [1.807, 2.05) is 6.07 Å². The van der Waals surface area contributed by atoms with E-state index in [4.69, 9.17) is 5.26 Å². The average molecular weight is 303 g/mol. The van der Waals surface area contributed by atoms with Crippen molar-refractivity contribution < 1.29 is 4.39 Å². The van der Waals surface area contributed by atoms with Crippen LogP contribution < -0.4 is 4.90 Å². The normalized spacial score (nSPS) is 15.9. The molecule has 5 nitrogen and oxygen atoms in total. The van der Waals surface area contributed by atoms with Crippen molar-refractivity contribution in [2.75, 3.05) is 31.1 Å². The molecule has 0 amide bonds. The van der Waals surface area contributed by atoms with Crippen LogP contribution in [0.4, 0.5) is 10.2 Å². The predicted octanol–water partition coefficient (Wildman–Crippen LogP) is 1.87. The minimum Gasteiger partial charge on any atom is -0.352 e. The molecule has 2 heterocycles. The molecule has 1 aliphatic rings. The minimum absolute atomic E-state index is 0.305. The molecule has 2 aromatic rings. The lowest BCUT2D eigenvalue weighted by atomic mass is 10.1. The molecule has 1 saturated heterocycles. The molecular weight excluding hydrogens is 289 g/mol. The fourth-order valence-corrected chi connectivity index (χ4v) is 2.85. The Morgan fingerprint density at radius 1 is 1.29 bits per heavy atom. The van der Waals surface area contributed by atoms with Crippen LogP contribution in [0.2, 0.25) is 0 Å². The summed E-state index contributed by atoms with van der Waals surface area (Å²) in [5.41, 5.74) is 0.995. The number of piperazine rings is 1. The highest BCUT2D eigenvalue weighted by atomic mass is 32.1. The van der Waals surface area contributed by atoms with E-state index in [0.29, 0.717) is 17.7 Å². The van der Waals surface area contributed by atoms with Crippen LogP contribution >= 0.6 is 11.7 Å².